The summed E-state index contributed by atoms with van der Waals surface area (Å²) >= 11 is 0. The molecule has 0 aromatic carbocycles. The van der Waals surface area contributed by atoms with Gasteiger partial charge in [-0.3, -0.25) is 4.98 Å². The highest BCUT2D eigenvalue weighted by Gasteiger charge is 2.15. The van der Waals surface area contributed by atoms with E-state index in [1.165, 1.54) is 11.1 Å². The van der Waals surface area contributed by atoms with E-state index in [2.05, 4.69) is 23.0 Å². The average molecular weight is 173 g/mol. The molecule has 1 aromatic heterocycles. The van der Waals surface area contributed by atoms with Gasteiger partial charge in [0.25, 0.3) is 0 Å². The van der Waals surface area contributed by atoms with Gasteiger partial charge in [-0.1, -0.05) is 0 Å². The molecule has 3 heteroatoms. The van der Waals surface area contributed by atoms with Crippen LogP contribution in [0.3, 0.4) is 0 Å². The fraction of sp³-hybridized carbons (Fsp3) is 0.400. The van der Waals surface area contributed by atoms with Crippen LogP contribution < -0.4 is 0 Å². The van der Waals surface area contributed by atoms with E-state index >= 15 is 0 Å². The molecule has 1 aliphatic heterocycles. The van der Waals surface area contributed by atoms with E-state index in [4.69, 9.17) is 5.26 Å². The zero-order valence-electron chi connectivity index (χ0n) is 7.62. The van der Waals surface area contributed by atoms with Crippen LogP contribution in [0.5, 0.6) is 0 Å². The van der Waals surface area contributed by atoms with Crippen LogP contribution in [0.2, 0.25) is 0 Å². The summed E-state index contributed by atoms with van der Waals surface area (Å²) in [7, 11) is 2.09. The highest BCUT2D eigenvalue weighted by molar-refractivity contribution is 5.41. The molecule has 0 bridgehead atoms. The molecule has 2 heterocycles. The topological polar surface area (TPSA) is 39.9 Å². The zero-order chi connectivity index (χ0) is 9.26. The van der Waals surface area contributed by atoms with Crippen LogP contribution in [0.25, 0.3) is 0 Å². The van der Waals surface area contributed by atoms with Crippen molar-refractivity contribution in [3.05, 3.63) is 29.1 Å². The molecule has 0 atom stereocenters. The summed E-state index contributed by atoms with van der Waals surface area (Å²) in [6.45, 7) is 1.95. The molecule has 1 aromatic rings. The van der Waals surface area contributed by atoms with Crippen LogP contribution in [0.1, 0.15) is 16.7 Å². The molecule has 0 spiro atoms. The lowest BCUT2D eigenvalue weighted by Crippen LogP contribution is -2.27. The van der Waals surface area contributed by atoms with Crippen molar-refractivity contribution < 1.29 is 0 Å². The second-order valence-corrected chi connectivity index (χ2v) is 3.42. The summed E-state index contributed by atoms with van der Waals surface area (Å²) in [4.78, 5) is 6.30. The number of hydrogen-bond acceptors (Lipinski definition) is 3. The van der Waals surface area contributed by atoms with Gasteiger partial charge in [-0.15, -0.1) is 0 Å². The Labute approximate surface area is 77.6 Å². The van der Waals surface area contributed by atoms with Gasteiger partial charge in [0.2, 0.25) is 0 Å². The van der Waals surface area contributed by atoms with E-state index in [9.17, 15) is 0 Å². The normalized spacial score (nSPS) is 16.3. The lowest BCUT2D eigenvalue weighted by molar-refractivity contribution is 0.312. The number of hydrogen-bond donors (Lipinski definition) is 0. The Hall–Kier alpha value is -1.40. The molecule has 66 valence electrons. The van der Waals surface area contributed by atoms with E-state index in [-0.39, 0.29) is 0 Å². The first kappa shape index (κ1) is 8.21. The van der Waals surface area contributed by atoms with E-state index < -0.39 is 0 Å². The van der Waals surface area contributed by atoms with E-state index in [0.29, 0.717) is 0 Å². The summed E-state index contributed by atoms with van der Waals surface area (Å²) in [6, 6.07) is 2.19. The molecular weight excluding hydrogens is 162 g/mol. The molecule has 1 aliphatic rings. The molecule has 0 unspecified atom stereocenters. The van der Waals surface area contributed by atoms with Crippen molar-refractivity contribution in [1.82, 2.24) is 9.88 Å². The smallest absolute Gasteiger partial charge is 0.101 e. The number of likely N-dealkylation sites (N-methyl/N-ethyl adjacent to an activating group) is 1. The number of nitriles is 1. The van der Waals surface area contributed by atoms with Crippen LogP contribution in [0.4, 0.5) is 0 Å². The maximum Gasteiger partial charge on any atom is 0.101 e. The predicted molar refractivity (Wildman–Crippen MR) is 49.0 cm³/mol. The lowest BCUT2D eigenvalue weighted by Gasteiger charge is -2.24. The van der Waals surface area contributed by atoms with Gasteiger partial charge in [0.05, 0.1) is 5.56 Å². The van der Waals surface area contributed by atoms with Crippen molar-refractivity contribution >= 4 is 0 Å². The number of aromatic nitrogens is 1. The SMILES string of the molecule is CN1CCc2c(C#N)cncc2C1. The Morgan fingerprint density at radius 1 is 1.54 bits per heavy atom. The second kappa shape index (κ2) is 3.15. The van der Waals surface area contributed by atoms with Crippen LogP contribution in [0, 0.1) is 11.3 Å². The quantitative estimate of drug-likeness (QED) is 0.586. The zero-order valence-corrected chi connectivity index (χ0v) is 7.62. The fourth-order valence-electron chi connectivity index (χ4n) is 1.73. The predicted octanol–water partition coefficient (Wildman–Crippen LogP) is 0.941. The molecule has 0 aliphatic carbocycles. The van der Waals surface area contributed by atoms with Gasteiger partial charge >= 0.3 is 0 Å². The van der Waals surface area contributed by atoms with Gasteiger partial charge in [0.1, 0.15) is 6.07 Å². The summed E-state index contributed by atoms with van der Waals surface area (Å²) in [6.07, 6.45) is 4.49. The molecule has 0 amide bonds. The number of nitrogens with zero attached hydrogens (tertiary/aromatic N) is 3. The van der Waals surface area contributed by atoms with E-state index in [1.54, 1.807) is 6.20 Å². The van der Waals surface area contributed by atoms with E-state index in [1.807, 2.05) is 6.20 Å². The monoisotopic (exact) mass is 173 g/mol. The third kappa shape index (κ3) is 1.41. The van der Waals surface area contributed by atoms with Gasteiger partial charge in [-0.25, -0.2) is 0 Å². The molecule has 0 saturated carbocycles. The minimum atomic E-state index is 0.741. The molecule has 13 heavy (non-hydrogen) atoms. The number of rotatable bonds is 0. The van der Waals surface area contributed by atoms with Crippen LogP contribution in [-0.4, -0.2) is 23.5 Å². The summed E-state index contributed by atoms with van der Waals surface area (Å²) in [5, 5.41) is 8.86. The summed E-state index contributed by atoms with van der Waals surface area (Å²) < 4.78 is 0. The Morgan fingerprint density at radius 3 is 3.15 bits per heavy atom. The van der Waals surface area contributed by atoms with Crippen molar-refractivity contribution in [2.45, 2.75) is 13.0 Å². The number of fused-ring (bicyclic) bond motifs is 1. The Morgan fingerprint density at radius 2 is 2.38 bits per heavy atom. The Bertz CT molecular complexity index is 365. The first-order valence-corrected chi connectivity index (χ1v) is 4.35. The molecule has 2 rings (SSSR count). The highest BCUT2D eigenvalue weighted by atomic mass is 15.1. The minimum Gasteiger partial charge on any atom is -0.302 e. The summed E-state index contributed by atoms with van der Waals surface area (Å²) in [5.41, 5.74) is 3.13. The van der Waals surface area contributed by atoms with E-state index in [0.717, 1.165) is 25.1 Å². The van der Waals surface area contributed by atoms with Crippen molar-refractivity contribution in [2.75, 3.05) is 13.6 Å². The van der Waals surface area contributed by atoms with Crippen molar-refractivity contribution in [1.29, 1.82) is 5.26 Å². The minimum absolute atomic E-state index is 0.741. The highest BCUT2D eigenvalue weighted by Crippen LogP contribution is 2.19. The first-order chi connectivity index (χ1) is 6.31. The average Bonchev–Trinajstić information content (AvgIpc) is 2.16. The molecule has 0 fully saturated rings. The Kier molecular flexibility index (Phi) is 1.99. The lowest BCUT2D eigenvalue weighted by atomic mass is 9.98. The standard InChI is InChI=1S/C10H11N3/c1-13-3-2-10-8(4-11)5-12-6-9(10)7-13/h5-6H,2-3,7H2,1H3. The Balaban J connectivity index is 2.47. The molecular formula is C10H11N3. The largest absolute Gasteiger partial charge is 0.302 e. The second-order valence-electron chi connectivity index (χ2n) is 3.42. The van der Waals surface area contributed by atoms with Crippen molar-refractivity contribution in [2.24, 2.45) is 0 Å². The molecule has 0 N–H and O–H groups in total. The maximum atomic E-state index is 8.86. The van der Waals surface area contributed by atoms with Gasteiger partial charge in [0.15, 0.2) is 0 Å². The summed E-state index contributed by atoms with van der Waals surface area (Å²) in [5.74, 6) is 0. The third-order valence-corrected chi connectivity index (χ3v) is 2.45. The van der Waals surface area contributed by atoms with Gasteiger partial charge < -0.3 is 4.90 Å². The third-order valence-electron chi connectivity index (χ3n) is 2.45. The van der Waals surface area contributed by atoms with Gasteiger partial charge in [0, 0.05) is 25.5 Å². The molecule has 0 saturated heterocycles. The fourth-order valence-corrected chi connectivity index (χ4v) is 1.73. The van der Waals surface area contributed by atoms with Gasteiger partial charge in [-0.05, 0) is 24.6 Å². The molecule has 0 radical (unpaired) electrons. The van der Waals surface area contributed by atoms with Crippen molar-refractivity contribution in [3.63, 3.8) is 0 Å². The van der Waals surface area contributed by atoms with Crippen molar-refractivity contribution in [3.8, 4) is 6.07 Å². The van der Waals surface area contributed by atoms with Crippen LogP contribution in [0.15, 0.2) is 12.4 Å². The van der Waals surface area contributed by atoms with Crippen LogP contribution >= 0.6 is 0 Å². The van der Waals surface area contributed by atoms with Gasteiger partial charge in [-0.2, -0.15) is 5.26 Å². The maximum absolute atomic E-state index is 8.86. The number of pyridine rings is 1. The first-order valence-electron chi connectivity index (χ1n) is 4.35. The van der Waals surface area contributed by atoms with Crippen LogP contribution in [-0.2, 0) is 13.0 Å². The molecule has 3 nitrogen and oxygen atoms in total.